The van der Waals surface area contributed by atoms with Gasteiger partial charge in [-0.3, -0.25) is 4.79 Å². The van der Waals surface area contributed by atoms with Crippen molar-refractivity contribution in [2.75, 3.05) is 7.11 Å². The van der Waals surface area contributed by atoms with Crippen molar-refractivity contribution in [1.82, 2.24) is 0 Å². The number of carbonyl (C=O) groups is 1. The van der Waals surface area contributed by atoms with Crippen molar-refractivity contribution in [3.05, 3.63) is 34.3 Å². The standard InChI is InChI=1S/C12H13ClO2/c1-15-12(14)10-3-2-9-7-11(13)5-4-8(9)6-10/h4-5,7,10H,2-3,6H2,1H3. The van der Waals surface area contributed by atoms with Crippen LogP contribution in [0.25, 0.3) is 0 Å². The van der Waals surface area contributed by atoms with Crippen LogP contribution < -0.4 is 0 Å². The van der Waals surface area contributed by atoms with Gasteiger partial charge in [0.15, 0.2) is 0 Å². The summed E-state index contributed by atoms with van der Waals surface area (Å²) in [5.74, 6) is -0.0840. The molecule has 0 bridgehead atoms. The minimum absolute atomic E-state index is 0.0173. The molecule has 1 atom stereocenters. The van der Waals surface area contributed by atoms with Gasteiger partial charge in [-0.1, -0.05) is 17.7 Å². The highest BCUT2D eigenvalue weighted by molar-refractivity contribution is 6.30. The van der Waals surface area contributed by atoms with Crippen molar-refractivity contribution < 1.29 is 9.53 Å². The monoisotopic (exact) mass is 224 g/mol. The summed E-state index contributed by atoms with van der Waals surface area (Å²) in [6.45, 7) is 0. The number of rotatable bonds is 1. The molecule has 0 amide bonds. The molecule has 0 saturated heterocycles. The summed E-state index contributed by atoms with van der Waals surface area (Å²) >= 11 is 5.91. The molecular weight excluding hydrogens is 212 g/mol. The lowest BCUT2D eigenvalue weighted by Crippen LogP contribution is -2.23. The van der Waals surface area contributed by atoms with Gasteiger partial charge >= 0.3 is 5.97 Å². The largest absolute Gasteiger partial charge is 0.469 e. The Balaban J connectivity index is 2.20. The van der Waals surface area contributed by atoms with Crippen molar-refractivity contribution in [1.29, 1.82) is 0 Å². The lowest BCUT2D eigenvalue weighted by atomic mass is 9.84. The zero-order chi connectivity index (χ0) is 10.8. The Labute approximate surface area is 94.2 Å². The van der Waals surface area contributed by atoms with Crippen LogP contribution in [0.3, 0.4) is 0 Å². The third kappa shape index (κ3) is 2.15. The molecule has 1 aliphatic carbocycles. The summed E-state index contributed by atoms with van der Waals surface area (Å²) in [4.78, 5) is 11.4. The van der Waals surface area contributed by atoms with Gasteiger partial charge in [0.25, 0.3) is 0 Å². The van der Waals surface area contributed by atoms with Crippen molar-refractivity contribution in [2.45, 2.75) is 19.3 Å². The number of halogens is 1. The zero-order valence-corrected chi connectivity index (χ0v) is 9.38. The molecule has 0 saturated carbocycles. The average Bonchev–Trinajstić information content (AvgIpc) is 2.27. The van der Waals surface area contributed by atoms with E-state index in [0.717, 1.165) is 24.3 Å². The lowest BCUT2D eigenvalue weighted by molar-refractivity contribution is -0.145. The second-order valence-corrected chi connectivity index (χ2v) is 4.31. The average molecular weight is 225 g/mol. The Hall–Kier alpha value is -1.02. The van der Waals surface area contributed by atoms with Crippen molar-refractivity contribution in [3.63, 3.8) is 0 Å². The first-order valence-corrected chi connectivity index (χ1v) is 5.43. The van der Waals surface area contributed by atoms with E-state index in [1.54, 1.807) is 0 Å². The van der Waals surface area contributed by atoms with Crippen molar-refractivity contribution in [2.24, 2.45) is 5.92 Å². The molecule has 1 aliphatic rings. The number of ether oxygens (including phenoxy) is 1. The van der Waals surface area contributed by atoms with Gasteiger partial charge in [-0.05, 0) is 42.5 Å². The number of benzene rings is 1. The summed E-state index contributed by atoms with van der Waals surface area (Å²) in [5.41, 5.74) is 2.49. The van der Waals surface area contributed by atoms with Crippen LogP contribution in [0.1, 0.15) is 17.5 Å². The number of esters is 1. The number of methoxy groups -OCH3 is 1. The molecule has 80 valence electrons. The first-order valence-electron chi connectivity index (χ1n) is 5.06. The molecule has 2 nitrogen and oxygen atoms in total. The quantitative estimate of drug-likeness (QED) is 0.686. The van der Waals surface area contributed by atoms with Crippen molar-refractivity contribution in [3.8, 4) is 0 Å². The SMILES string of the molecule is COC(=O)C1CCc2cc(Cl)ccc2C1. The molecule has 1 aromatic carbocycles. The molecule has 1 aromatic rings. The summed E-state index contributed by atoms with van der Waals surface area (Å²) in [6.07, 6.45) is 2.55. The number of fused-ring (bicyclic) bond motifs is 1. The molecule has 0 aliphatic heterocycles. The van der Waals surface area contributed by atoms with Gasteiger partial charge < -0.3 is 4.74 Å². The van der Waals surface area contributed by atoms with E-state index in [2.05, 4.69) is 0 Å². The van der Waals surface area contributed by atoms with Gasteiger partial charge in [-0.2, -0.15) is 0 Å². The van der Waals surface area contributed by atoms with Crippen LogP contribution in [0.15, 0.2) is 18.2 Å². The van der Waals surface area contributed by atoms with E-state index in [0.29, 0.717) is 0 Å². The minimum Gasteiger partial charge on any atom is -0.469 e. The van der Waals surface area contributed by atoms with Crippen LogP contribution in [0.5, 0.6) is 0 Å². The van der Waals surface area contributed by atoms with E-state index in [1.807, 2.05) is 18.2 Å². The molecule has 1 unspecified atom stereocenters. The number of hydrogen-bond acceptors (Lipinski definition) is 2. The van der Waals surface area contributed by atoms with E-state index in [-0.39, 0.29) is 11.9 Å². The highest BCUT2D eigenvalue weighted by atomic mass is 35.5. The minimum atomic E-state index is -0.101. The van der Waals surface area contributed by atoms with Gasteiger partial charge in [-0.25, -0.2) is 0 Å². The van der Waals surface area contributed by atoms with E-state index in [9.17, 15) is 4.79 Å². The molecule has 0 N–H and O–H groups in total. The van der Waals surface area contributed by atoms with E-state index in [1.165, 1.54) is 18.2 Å². The van der Waals surface area contributed by atoms with Crippen molar-refractivity contribution >= 4 is 17.6 Å². The summed E-state index contributed by atoms with van der Waals surface area (Å²) in [6, 6.07) is 5.87. The zero-order valence-electron chi connectivity index (χ0n) is 8.63. The number of hydrogen-bond donors (Lipinski definition) is 0. The van der Waals surface area contributed by atoms with Gasteiger partial charge in [0.05, 0.1) is 13.0 Å². The predicted molar refractivity (Wildman–Crippen MR) is 59.0 cm³/mol. The number of carbonyl (C=O) groups excluding carboxylic acids is 1. The van der Waals surface area contributed by atoms with Crippen LogP contribution in [-0.2, 0) is 22.4 Å². The summed E-state index contributed by atoms with van der Waals surface area (Å²) in [7, 11) is 1.44. The molecule has 0 spiro atoms. The molecule has 0 fully saturated rings. The van der Waals surface area contributed by atoms with Gasteiger partial charge in [0.2, 0.25) is 0 Å². The van der Waals surface area contributed by atoms with Crippen LogP contribution in [0, 0.1) is 5.92 Å². The Bertz CT molecular complexity index is 387. The molecule has 3 heteroatoms. The topological polar surface area (TPSA) is 26.3 Å². The van der Waals surface area contributed by atoms with E-state index >= 15 is 0 Å². The van der Waals surface area contributed by atoms with Crippen LogP contribution in [0.4, 0.5) is 0 Å². The third-order valence-electron chi connectivity index (χ3n) is 2.93. The van der Waals surface area contributed by atoms with Crippen LogP contribution in [-0.4, -0.2) is 13.1 Å². The third-order valence-corrected chi connectivity index (χ3v) is 3.17. The van der Waals surface area contributed by atoms with Crippen LogP contribution in [0.2, 0.25) is 5.02 Å². The predicted octanol–water partition coefficient (Wildman–Crippen LogP) is 2.62. The molecule has 2 rings (SSSR count). The Morgan fingerprint density at radius 3 is 3.00 bits per heavy atom. The fraction of sp³-hybridized carbons (Fsp3) is 0.417. The summed E-state index contributed by atoms with van der Waals surface area (Å²) < 4.78 is 4.76. The molecule has 0 radical (unpaired) electrons. The van der Waals surface area contributed by atoms with E-state index in [4.69, 9.17) is 16.3 Å². The molecule has 0 aromatic heterocycles. The maximum Gasteiger partial charge on any atom is 0.309 e. The first-order chi connectivity index (χ1) is 7.20. The lowest BCUT2D eigenvalue weighted by Gasteiger charge is -2.22. The fourth-order valence-corrected chi connectivity index (χ4v) is 2.29. The summed E-state index contributed by atoms with van der Waals surface area (Å²) in [5, 5.41) is 0.769. The van der Waals surface area contributed by atoms with Crippen LogP contribution >= 0.6 is 11.6 Å². The highest BCUT2D eigenvalue weighted by Crippen LogP contribution is 2.28. The molecule has 0 heterocycles. The van der Waals surface area contributed by atoms with E-state index < -0.39 is 0 Å². The Kier molecular flexibility index (Phi) is 2.96. The fourth-order valence-electron chi connectivity index (χ4n) is 2.09. The smallest absolute Gasteiger partial charge is 0.309 e. The normalized spacial score (nSPS) is 19.5. The molecular formula is C12H13ClO2. The van der Waals surface area contributed by atoms with Gasteiger partial charge in [0, 0.05) is 5.02 Å². The Morgan fingerprint density at radius 2 is 2.27 bits per heavy atom. The Morgan fingerprint density at radius 1 is 1.47 bits per heavy atom. The molecule has 15 heavy (non-hydrogen) atoms. The second kappa shape index (κ2) is 4.23. The maximum atomic E-state index is 11.4. The highest BCUT2D eigenvalue weighted by Gasteiger charge is 2.25. The number of aryl methyl sites for hydroxylation is 1. The second-order valence-electron chi connectivity index (χ2n) is 3.88. The van der Waals surface area contributed by atoms with Gasteiger partial charge in [0.1, 0.15) is 0 Å². The van der Waals surface area contributed by atoms with Gasteiger partial charge in [-0.15, -0.1) is 0 Å². The maximum absolute atomic E-state index is 11.4. The first kappa shape index (κ1) is 10.5.